The molecule has 1 atom stereocenters. The van der Waals surface area contributed by atoms with Crippen LogP contribution in [0.15, 0.2) is 24.3 Å². The average Bonchev–Trinajstić information content (AvgIpc) is 3.39. The smallest absolute Gasteiger partial charge is 0.220 e. The van der Waals surface area contributed by atoms with Crippen LogP contribution in [0.3, 0.4) is 0 Å². The first-order chi connectivity index (χ1) is 14.2. The van der Waals surface area contributed by atoms with Crippen LogP contribution in [-0.2, 0) is 22.6 Å². The van der Waals surface area contributed by atoms with Crippen LogP contribution in [0.5, 0.6) is 0 Å². The summed E-state index contributed by atoms with van der Waals surface area (Å²) in [5.74, 6) is 2.00. The van der Waals surface area contributed by atoms with Crippen LogP contribution in [-0.4, -0.2) is 52.7 Å². The molecular formula is C23H34N4O2. The summed E-state index contributed by atoms with van der Waals surface area (Å²) in [5.41, 5.74) is 2.32. The number of amides is 1. The van der Waals surface area contributed by atoms with E-state index >= 15 is 0 Å². The third-order valence-corrected chi connectivity index (χ3v) is 6.45. The molecule has 2 aliphatic heterocycles. The molecule has 2 saturated heterocycles. The number of carbonyl (C=O) groups is 1. The maximum atomic E-state index is 12.1. The number of aryl methyl sites for hydroxylation is 1. The molecular weight excluding hydrogens is 364 g/mol. The van der Waals surface area contributed by atoms with Gasteiger partial charge in [-0.25, -0.2) is 4.98 Å². The van der Waals surface area contributed by atoms with Crippen molar-refractivity contribution in [3.8, 4) is 0 Å². The lowest BCUT2D eigenvalue weighted by molar-refractivity contribution is -0.122. The number of aromatic nitrogens is 2. The number of piperidine rings is 1. The highest BCUT2D eigenvalue weighted by atomic mass is 16.5. The molecule has 158 valence electrons. The number of fused-ring (bicyclic) bond motifs is 1. The van der Waals surface area contributed by atoms with Gasteiger partial charge in [0.25, 0.3) is 0 Å². The predicted octanol–water partition coefficient (Wildman–Crippen LogP) is 3.34. The molecule has 0 spiro atoms. The molecule has 1 unspecified atom stereocenters. The van der Waals surface area contributed by atoms with Crippen molar-refractivity contribution in [2.75, 3.05) is 26.2 Å². The van der Waals surface area contributed by atoms with Gasteiger partial charge in [0.1, 0.15) is 5.82 Å². The van der Waals surface area contributed by atoms with Crippen LogP contribution in [0.4, 0.5) is 0 Å². The van der Waals surface area contributed by atoms with E-state index in [0.717, 1.165) is 57.6 Å². The highest BCUT2D eigenvalue weighted by Gasteiger charge is 2.22. The first-order valence-corrected chi connectivity index (χ1v) is 11.3. The molecule has 0 saturated carbocycles. The third-order valence-electron chi connectivity index (χ3n) is 6.45. The van der Waals surface area contributed by atoms with Crippen molar-refractivity contribution in [3.05, 3.63) is 30.1 Å². The molecule has 1 aromatic carbocycles. The van der Waals surface area contributed by atoms with Crippen molar-refractivity contribution in [1.82, 2.24) is 19.8 Å². The largest absolute Gasteiger partial charge is 0.376 e. The number of imidazole rings is 1. The van der Waals surface area contributed by atoms with Crippen LogP contribution in [0.2, 0.25) is 0 Å². The molecule has 0 bridgehead atoms. The molecule has 0 aliphatic carbocycles. The van der Waals surface area contributed by atoms with Gasteiger partial charge in [0.2, 0.25) is 5.91 Å². The van der Waals surface area contributed by atoms with E-state index in [2.05, 4.69) is 46.0 Å². The van der Waals surface area contributed by atoms with E-state index in [9.17, 15) is 4.79 Å². The molecule has 3 heterocycles. The number of nitrogens with one attached hydrogen (secondary N) is 1. The Morgan fingerprint density at radius 2 is 2.07 bits per heavy atom. The Hall–Kier alpha value is -1.92. The zero-order chi connectivity index (χ0) is 20.1. The Bertz CT molecular complexity index is 804. The summed E-state index contributed by atoms with van der Waals surface area (Å²) >= 11 is 0. The van der Waals surface area contributed by atoms with E-state index in [1.165, 1.54) is 24.2 Å². The van der Waals surface area contributed by atoms with Gasteiger partial charge in [-0.15, -0.1) is 0 Å². The van der Waals surface area contributed by atoms with Crippen LogP contribution in [0.25, 0.3) is 11.0 Å². The highest BCUT2D eigenvalue weighted by Crippen LogP contribution is 2.24. The minimum atomic E-state index is 0.180. The number of likely N-dealkylation sites (tertiary alicyclic amines) is 1. The fourth-order valence-corrected chi connectivity index (χ4v) is 4.69. The molecule has 6 heteroatoms. The summed E-state index contributed by atoms with van der Waals surface area (Å²) in [6, 6.07) is 8.40. The van der Waals surface area contributed by atoms with Gasteiger partial charge in [-0.2, -0.15) is 0 Å². The minimum Gasteiger partial charge on any atom is -0.376 e. The fraction of sp³-hybridized carbons (Fsp3) is 0.652. The Morgan fingerprint density at radius 3 is 2.83 bits per heavy atom. The number of para-hydroxylation sites is 2. The van der Waals surface area contributed by atoms with Gasteiger partial charge < -0.3 is 14.6 Å². The average molecular weight is 399 g/mol. The van der Waals surface area contributed by atoms with Crippen molar-refractivity contribution < 1.29 is 9.53 Å². The molecule has 2 fully saturated rings. The molecule has 1 aromatic heterocycles. The molecule has 2 aliphatic rings. The van der Waals surface area contributed by atoms with E-state index in [1.54, 1.807) is 0 Å². The number of hydrogen-bond donors (Lipinski definition) is 1. The van der Waals surface area contributed by atoms with E-state index in [1.807, 2.05) is 0 Å². The van der Waals surface area contributed by atoms with E-state index in [0.29, 0.717) is 18.9 Å². The van der Waals surface area contributed by atoms with Crippen molar-refractivity contribution in [3.63, 3.8) is 0 Å². The lowest BCUT2D eigenvalue weighted by Crippen LogP contribution is -2.35. The highest BCUT2D eigenvalue weighted by molar-refractivity contribution is 5.76. The molecule has 0 radical (unpaired) electrons. The maximum Gasteiger partial charge on any atom is 0.220 e. The predicted molar refractivity (Wildman–Crippen MR) is 115 cm³/mol. The van der Waals surface area contributed by atoms with E-state index in [-0.39, 0.29) is 12.0 Å². The van der Waals surface area contributed by atoms with Crippen LogP contribution in [0.1, 0.15) is 51.3 Å². The quantitative estimate of drug-likeness (QED) is 0.741. The number of ether oxygens (including phenoxy) is 1. The first-order valence-electron chi connectivity index (χ1n) is 11.3. The first kappa shape index (κ1) is 20.4. The van der Waals surface area contributed by atoms with Crippen LogP contribution in [0, 0.1) is 5.92 Å². The van der Waals surface area contributed by atoms with Crippen molar-refractivity contribution in [2.24, 2.45) is 5.92 Å². The summed E-state index contributed by atoms with van der Waals surface area (Å²) in [6.07, 6.45) is 6.41. The van der Waals surface area contributed by atoms with Gasteiger partial charge in [-0.3, -0.25) is 9.69 Å². The summed E-state index contributed by atoms with van der Waals surface area (Å²) in [4.78, 5) is 19.5. The van der Waals surface area contributed by atoms with Crippen LogP contribution < -0.4 is 5.32 Å². The van der Waals surface area contributed by atoms with Crippen molar-refractivity contribution in [2.45, 2.75) is 64.6 Å². The molecule has 1 amide bonds. The van der Waals surface area contributed by atoms with E-state index in [4.69, 9.17) is 9.72 Å². The fourth-order valence-electron chi connectivity index (χ4n) is 4.69. The Kier molecular flexibility index (Phi) is 6.82. The second-order valence-corrected chi connectivity index (χ2v) is 8.46. The van der Waals surface area contributed by atoms with Gasteiger partial charge in [0, 0.05) is 26.1 Å². The van der Waals surface area contributed by atoms with Crippen LogP contribution >= 0.6 is 0 Å². The molecule has 6 nitrogen and oxygen atoms in total. The monoisotopic (exact) mass is 398 g/mol. The SMILES string of the molecule is CCn1c(CN2CCC(CCC(=O)NCC3CCCO3)CC2)nc2ccccc21. The summed E-state index contributed by atoms with van der Waals surface area (Å²) in [7, 11) is 0. The Morgan fingerprint density at radius 1 is 1.24 bits per heavy atom. The number of rotatable bonds is 8. The zero-order valence-corrected chi connectivity index (χ0v) is 17.6. The summed E-state index contributed by atoms with van der Waals surface area (Å²) in [5, 5.41) is 3.05. The summed E-state index contributed by atoms with van der Waals surface area (Å²) in [6.45, 7) is 7.76. The molecule has 4 rings (SSSR count). The maximum absolute atomic E-state index is 12.1. The van der Waals surface area contributed by atoms with Gasteiger partial charge in [0.05, 0.1) is 23.7 Å². The Labute approximate surface area is 173 Å². The number of carbonyl (C=O) groups excluding carboxylic acids is 1. The third kappa shape index (κ3) is 5.17. The second kappa shape index (κ2) is 9.72. The Balaban J connectivity index is 1.20. The summed E-state index contributed by atoms with van der Waals surface area (Å²) < 4.78 is 7.90. The van der Waals surface area contributed by atoms with E-state index < -0.39 is 0 Å². The standard InChI is InChI=1S/C23H34N4O2/c1-2-27-21-8-4-3-7-20(21)25-22(27)17-26-13-11-18(12-14-26)9-10-23(28)24-16-19-6-5-15-29-19/h3-4,7-8,18-19H,2,5-6,9-17H2,1H3,(H,24,28). The van der Waals surface area contributed by atoms with Gasteiger partial charge in [-0.05, 0) is 70.2 Å². The number of benzene rings is 1. The molecule has 1 N–H and O–H groups in total. The zero-order valence-electron chi connectivity index (χ0n) is 17.6. The molecule has 29 heavy (non-hydrogen) atoms. The normalized spacial score (nSPS) is 21.1. The lowest BCUT2D eigenvalue weighted by Gasteiger charge is -2.31. The van der Waals surface area contributed by atoms with Gasteiger partial charge >= 0.3 is 0 Å². The van der Waals surface area contributed by atoms with Gasteiger partial charge in [0.15, 0.2) is 0 Å². The lowest BCUT2D eigenvalue weighted by atomic mass is 9.92. The van der Waals surface area contributed by atoms with Crippen molar-refractivity contribution >= 4 is 16.9 Å². The minimum absolute atomic E-state index is 0.180. The topological polar surface area (TPSA) is 59.4 Å². The number of nitrogens with zero attached hydrogens (tertiary/aromatic N) is 3. The number of hydrogen-bond acceptors (Lipinski definition) is 4. The molecule has 2 aromatic rings. The second-order valence-electron chi connectivity index (χ2n) is 8.46. The van der Waals surface area contributed by atoms with Crippen molar-refractivity contribution in [1.29, 1.82) is 0 Å². The van der Waals surface area contributed by atoms with Gasteiger partial charge in [-0.1, -0.05) is 12.1 Å².